The summed E-state index contributed by atoms with van der Waals surface area (Å²) in [5.74, 6) is -1.20. The third-order valence-corrected chi connectivity index (χ3v) is 6.84. The molecule has 1 aliphatic heterocycles. The number of sulfonamides is 1. The third kappa shape index (κ3) is 3.02. The van der Waals surface area contributed by atoms with Crippen LogP contribution in [0.1, 0.15) is 23.3 Å². The van der Waals surface area contributed by atoms with Crippen LogP contribution in [0.5, 0.6) is 0 Å². The smallest absolute Gasteiger partial charge is 0.352 e. The second-order valence-corrected chi connectivity index (χ2v) is 8.70. The summed E-state index contributed by atoms with van der Waals surface area (Å²) < 4.78 is 49.2. The number of carboxylic acids is 1. The van der Waals surface area contributed by atoms with Gasteiger partial charge in [0.15, 0.2) is 9.84 Å². The lowest BCUT2D eigenvalue weighted by Crippen LogP contribution is -2.34. The minimum Gasteiger partial charge on any atom is -0.477 e. The molecular formula is C10H14N2O6S2. The molecule has 1 saturated heterocycles. The zero-order chi connectivity index (χ0) is 15.0. The second kappa shape index (κ2) is 5.19. The van der Waals surface area contributed by atoms with Gasteiger partial charge in [-0.05, 0) is 18.9 Å². The first kappa shape index (κ1) is 15.0. The lowest BCUT2D eigenvalue weighted by Gasteiger charge is -2.10. The van der Waals surface area contributed by atoms with Crippen LogP contribution >= 0.6 is 0 Å². The van der Waals surface area contributed by atoms with Crippen LogP contribution < -0.4 is 4.72 Å². The molecule has 0 aromatic carbocycles. The van der Waals surface area contributed by atoms with Crippen LogP contribution in [0.3, 0.4) is 0 Å². The number of hydrogen-bond acceptors (Lipinski definition) is 5. The van der Waals surface area contributed by atoms with E-state index >= 15 is 0 Å². The molecule has 1 aromatic heterocycles. The number of rotatable bonds is 5. The Hall–Kier alpha value is -1.39. The van der Waals surface area contributed by atoms with E-state index in [2.05, 4.69) is 9.71 Å². The van der Waals surface area contributed by atoms with Gasteiger partial charge >= 0.3 is 5.97 Å². The maximum absolute atomic E-state index is 11.9. The molecule has 1 aliphatic rings. The van der Waals surface area contributed by atoms with Gasteiger partial charge < -0.3 is 10.1 Å². The van der Waals surface area contributed by atoms with E-state index < -0.39 is 31.1 Å². The molecule has 2 heterocycles. The fraction of sp³-hybridized carbons (Fsp3) is 0.500. The second-order valence-electron chi connectivity index (χ2n) is 4.54. The highest BCUT2D eigenvalue weighted by molar-refractivity contribution is 7.92. The monoisotopic (exact) mass is 322 g/mol. The van der Waals surface area contributed by atoms with Crippen molar-refractivity contribution >= 4 is 25.8 Å². The highest BCUT2D eigenvalue weighted by Crippen LogP contribution is 2.20. The van der Waals surface area contributed by atoms with Crippen LogP contribution in [0.25, 0.3) is 0 Å². The van der Waals surface area contributed by atoms with E-state index in [-0.39, 0.29) is 22.9 Å². The van der Waals surface area contributed by atoms with Crippen molar-refractivity contribution in [2.45, 2.75) is 23.0 Å². The number of sulfone groups is 1. The Morgan fingerprint density at radius 1 is 1.50 bits per heavy atom. The van der Waals surface area contributed by atoms with Gasteiger partial charge in [-0.25, -0.2) is 26.4 Å². The van der Waals surface area contributed by atoms with Gasteiger partial charge in [-0.2, -0.15) is 0 Å². The Bertz CT molecular complexity index is 719. The fourth-order valence-corrected chi connectivity index (χ4v) is 4.97. The molecule has 0 aliphatic carbocycles. The van der Waals surface area contributed by atoms with Crippen LogP contribution in [-0.2, 0) is 19.9 Å². The van der Waals surface area contributed by atoms with Crippen LogP contribution in [-0.4, -0.2) is 50.4 Å². The summed E-state index contributed by atoms with van der Waals surface area (Å²) in [7, 11) is -7.15. The van der Waals surface area contributed by atoms with Crippen molar-refractivity contribution in [2.75, 3.05) is 12.3 Å². The summed E-state index contributed by atoms with van der Waals surface area (Å²) >= 11 is 0. The Morgan fingerprint density at radius 2 is 2.20 bits per heavy atom. The number of aromatic amines is 1. The van der Waals surface area contributed by atoms with Crippen molar-refractivity contribution in [3.05, 3.63) is 18.0 Å². The van der Waals surface area contributed by atoms with E-state index in [9.17, 15) is 21.6 Å². The molecule has 0 radical (unpaired) electrons. The maximum atomic E-state index is 11.9. The highest BCUT2D eigenvalue weighted by atomic mass is 32.2. The standard InChI is InChI=1S/C10H14N2O6S2/c13-10(14)9-4-8(5-11-9)20(17,18)12-6-7-2-1-3-19(7,15)16/h4-5,7,11-12H,1-3,6H2,(H,13,14). The highest BCUT2D eigenvalue weighted by Gasteiger charge is 2.32. The molecule has 2 rings (SSSR count). The molecule has 8 nitrogen and oxygen atoms in total. The number of hydrogen-bond donors (Lipinski definition) is 3. The molecule has 20 heavy (non-hydrogen) atoms. The average molecular weight is 322 g/mol. The molecule has 1 atom stereocenters. The van der Waals surface area contributed by atoms with Crippen LogP contribution in [0.15, 0.2) is 17.2 Å². The number of carboxylic acid groups (broad SMARTS) is 1. The van der Waals surface area contributed by atoms with E-state index in [0.717, 1.165) is 12.3 Å². The van der Waals surface area contributed by atoms with Gasteiger partial charge in [-0.1, -0.05) is 0 Å². The normalized spacial score (nSPS) is 21.9. The Kier molecular flexibility index (Phi) is 3.89. The molecule has 1 unspecified atom stereocenters. The molecule has 0 saturated carbocycles. The van der Waals surface area contributed by atoms with E-state index in [0.29, 0.717) is 12.8 Å². The summed E-state index contributed by atoms with van der Waals surface area (Å²) in [5, 5.41) is 8.00. The SMILES string of the molecule is O=C(O)c1cc(S(=O)(=O)NCC2CCCS2(=O)=O)c[nH]1. The van der Waals surface area contributed by atoms with Crippen molar-refractivity contribution in [2.24, 2.45) is 0 Å². The minimum atomic E-state index is -3.92. The van der Waals surface area contributed by atoms with Gasteiger partial charge in [0.05, 0.1) is 11.0 Å². The lowest BCUT2D eigenvalue weighted by molar-refractivity contribution is 0.0691. The van der Waals surface area contributed by atoms with Gasteiger partial charge in [0.1, 0.15) is 10.6 Å². The first-order valence-corrected chi connectivity index (χ1v) is 9.05. The van der Waals surface area contributed by atoms with Gasteiger partial charge in [0, 0.05) is 12.7 Å². The number of aromatic nitrogens is 1. The topological polar surface area (TPSA) is 133 Å². The van der Waals surface area contributed by atoms with Gasteiger partial charge in [0.2, 0.25) is 10.0 Å². The summed E-state index contributed by atoms with van der Waals surface area (Å²) in [6.07, 6.45) is 2.01. The first-order chi connectivity index (χ1) is 9.22. The lowest BCUT2D eigenvalue weighted by atomic mass is 10.2. The summed E-state index contributed by atoms with van der Waals surface area (Å²) in [6, 6.07) is 0.980. The molecule has 0 amide bonds. The van der Waals surface area contributed by atoms with Gasteiger partial charge in [-0.3, -0.25) is 0 Å². The van der Waals surface area contributed by atoms with Crippen LogP contribution in [0.2, 0.25) is 0 Å². The largest absolute Gasteiger partial charge is 0.477 e. The van der Waals surface area contributed by atoms with Gasteiger partial charge in [0.25, 0.3) is 0 Å². The molecule has 10 heteroatoms. The number of carbonyl (C=O) groups is 1. The molecular weight excluding hydrogens is 308 g/mol. The Morgan fingerprint density at radius 3 is 2.70 bits per heavy atom. The molecule has 1 aromatic rings. The summed E-state index contributed by atoms with van der Waals surface area (Å²) in [6.45, 7) is -0.196. The van der Waals surface area contributed by atoms with Crippen molar-refractivity contribution in [3.8, 4) is 0 Å². The zero-order valence-corrected chi connectivity index (χ0v) is 12.0. The van der Waals surface area contributed by atoms with E-state index in [1.807, 2.05) is 0 Å². The Labute approximate surface area is 116 Å². The predicted molar refractivity (Wildman–Crippen MR) is 69.7 cm³/mol. The Balaban J connectivity index is 2.09. The summed E-state index contributed by atoms with van der Waals surface area (Å²) in [5.41, 5.74) is -0.251. The summed E-state index contributed by atoms with van der Waals surface area (Å²) in [4.78, 5) is 12.8. The predicted octanol–water partition coefficient (Wildman–Crippen LogP) is -0.432. The third-order valence-electron chi connectivity index (χ3n) is 3.16. The molecule has 3 N–H and O–H groups in total. The molecule has 1 fully saturated rings. The van der Waals surface area contributed by atoms with E-state index in [1.54, 1.807) is 0 Å². The van der Waals surface area contributed by atoms with E-state index in [4.69, 9.17) is 5.11 Å². The van der Waals surface area contributed by atoms with Crippen LogP contribution in [0.4, 0.5) is 0 Å². The zero-order valence-electron chi connectivity index (χ0n) is 10.4. The average Bonchev–Trinajstić information content (AvgIpc) is 2.93. The minimum absolute atomic E-state index is 0.0761. The van der Waals surface area contributed by atoms with Crippen molar-refractivity contribution in [3.63, 3.8) is 0 Å². The van der Waals surface area contributed by atoms with Gasteiger partial charge in [-0.15, -0.1) is 0 Å². The van der Waals surface area contributed by atoms with Crippen molar-refractivity contribution in [1.82, 2.24) is 9.71 Å². The number of aromatic carboxylic acids is 1. The molecule has 112 valence electrons. The molecule has 0 bridgehead atoms. The van der Waals surface area contributed by atoms with Crippen LogP contribution in [0, 0.1) is 0 Å². The quantitative estimate of drug-likeness (QED) is 0.673. The molecule has 0 spiro atoms. The van der Waals surface area contributed by atoms with Crippen molar-refractivity contribution in [1.29, 1.82) is 0 Å². The fourth-order valence-electron chi connectivity index (χ4n) is 2.03. The number of nitrogens with one attached hydrogen (secondary N) is 2. The maximum Gasteiger partial charge on any atom is 0.352 e. The number of H-pyrrole nitrogens is 1. The van der Waals surface area contributed by atoms with E-state index in [1.165, 1.54) is 0 Å². The van der Waals surface area contributed by atoms with Crippen molar-refractivity contribution < 1.29 is 26.7 Å². The first-order valence-electron chi connectivity index (χ1n) is 5.85.